The lowest BCUT2D eigenvalue weighted by Crippen LogP contribution is -2.34. The topological polar surface area (TPSA) is 49.3 Å². The Balaban J connectivity index is 1.80. The van der Waals surface area contributed by atoms with Gasteiger partial charge in [-0.3, -0.25) is 4.79 Å². The molecule has 1 amide bonds. The second kappa shape index (κ2) is 5.65. The summed E-state index contributed by atoms with van der Waals surface area (Å²) < 4.78 is 0. The fourth-order valence-electron chi connectivity index (χ4n) is 2.45. The van der Waals surface area contributed by atoms with Crippen LogP contribution >= 0.6 is 11.3 Å². The Morgan fingerprint density at radius 1 is 1.65 bits per heavy atom. The average molecular weight is 253 g/mol. The second-order valence-corrected chi connectivity index (χ2v) is 5.61. The molecule has 1 saturated carbocycles. The summed E-state index contributed by atoms with van der Waals surface area (Å²) in [6.45, 7) is 2.45. The Morgan fingerprint density at radius 3 is 3.06 bits per heavy atom. The van der Waals surface area contributed by atoms with Crippen molar-refractivity contribution in [2.75, 3.05) is 6.54 Å². The van der Waals surface area contributed by atoms with Gasteiger partial charge < -0.3 is 10.4 Å². The predicted octanol–water partition coefficient (Wildman–Crippen LogP) is 2.33. The normalized spacial score (nSPS) is 25.8. The summed E-state index contributed by atoms with van der Waals surface area (Å²) in [5.41, 5.74) is 0.884. The van der Waals surface area contributed by atoms with Gasteiger partial charge in [-0.1, -0.05) is 13.3 Å². The molecule has 3 atom stereocenters. The highest BCUT2D eigenvalue weighted by Gasteiger charge is 2.29. The lowest BCUT2D eigenvalue weighted by Gasteiger charge is -2.17. The minimum Gasteiger partial charge on any atom is -0.387 e. The van der Waals surface area contributed by atoms with E-state index >= 15 is 0 Å². The van der Waals surface area contributed by atoms with Crippen molar-refractivity contribution in [2.24, 2.45) is 11.8 Å². The summed E-state index contributed by atoms with van der Waals surface area (Å²) >= 11 is 1.56. The molecule has 94 valence electrons. The summed E-state index contributed by atoms with van der Waals surface area (Å²) in [5.74, 6) is 0.724. The van der Waals surface area contributed by atoms with E-state index < -0.39 is 6.10 Å². The largest absolute Gasteiger partial charge is 0.387 e. The molecule has 17 heavy (non-hydrogen) atoms. The first-order valence-electron chi connectivity index (χ1n) is 6.16. The summed E-state index contributed by atoms with van der Waals surface area (Å²) in [6, 6.07) is 1.89. The fraction of sp³-hybridized carbons (Fsp3) is 0.615. The molecule has 0 bridgehead atoms. The van der Waals surface area contributed by atoms with Crippen molar-refractivity contribution in [3.05, 3.63) is 22.4 Å². The van der Waals surface area contributed by atoms with Crippen LogP contribution in [-0.2, 0) is 4.79 Å². The minimum atomic E-state index is -0.582. The molecule has 1 aromatic heterocycles. The van der Waals surface area contributed by atoms with Crippen LogP contribution in [0.1, 0.15) is 37.9 Å². The van der Waals surface area contributed by atoms with Crippen molar-refractivity contribution in [2.45, 2.75) is 32.3 Å². The molecule has 1 aliphatic carbocycles. The van der Waals surface area contributed by atoms with Crippen LogP contribution < -0.4 is 5.32 Å². The lowest BCUT2D eigenvalue weighted by atomic mass is 9.97. The first kappa shape index (κ1) is 12.6. The first-order chi connectivity index (χ1) is 8.18. The minimum absolute atomic E-state index is 0.101. The molecule has 0 saturated heterocycles. The third-order valence-corrected chi connectivity index (χ3v) is 4.30. The van der Waals surface area contributed by atoms with Gasteiger partial charge in [-0.2, -0.15) is 11.3 Å². The molecule has 3 nitrogen and oxygen atoms in total. The monoisotopic (exact) mass is 253 g/mol. The standard InChI is InChI=1S/C13H19NO2S/c1-9-3-2-4-11(9)13(16)14-7-12(15)10-5-6-17-8-10/h5-6,8-9,11-12,15H,2-4,7H2,1H3,(H,14,16). The van der Waals surface area contributed by atoms with Crippen LogP contribution in [0.2, 0.25) is 0 Å². The van der Waals surface area contributed by atoms with E-state index in [1.165, 1.54) is 0 Å². The molecule has 0 spiro atoms. The van der Waals surface area contributed by atoms with Gasteiger partial charge in [0.15, 0.2) is 0 Å². The van der Waals surface area contributed by atoms with Gasteiger partial charge in [0.05, 0.1) is 6.10 Å². The number of thiophene rings is 1. The quantitative estimate of drug-likeness (QED) is 0.865. The second-order valence-electron chi connectivity index (χ2n) is 4.83. The van der Waals surface area contributed by atoms with E-state index in [0.717, 1.165) is 24.8 Å². The maximum atomic E-state index is 11.9. The van der Waals surface area contributed by atoms with E-state index in [4.69, 9.17) is 0 Å². The lowest BCUT2D eigenvalue weighted by molar-refractivity contribution is -0.126. The van der Waals surface area contributed by atoms with Crippen molar-refractivity contribution in [1.29, 1.82) is 0 Å². The highest BCUT2D eigenvalue weighted by Crippen LogP contribution is 2.31. The van der Waals surface area contributed by atoms with Gasteiger partial charge in [0, 0.05) is 12.5 Å². The Labute approximate surface area is 106 Å². The van der Waals surface area contributed by atoms with Crippen LogP contribution in [0.5, 0.6) is 0 Å². The molecule has 1 fully saturated rings. The Hall–Kier alpha value is -0.870. The SMILES string of the molecule is CC1CCCC1C(=O)NCC(O)c1ccsc1. The van der Waals surface area contributed by atoms with Gasteiger partial charge in [-0.05, 0) is 41.1 Å². The molecule has 0 aromatic carbocycles. The molecule has 3 unspecified atom stereocenters. The van der Waals surface area contributed by atoms with Crippen molar-refractivity contribution in [3.8, 4) is 0 Å². The van der Waals surface area contributed by atoms with Crippen LogP contribution in [-0.4, -0.2) is 17.6 Å². The van der Waals surface area contributed by atoms with E-state index in [2.05, 4.69) is 12.2 Å². The summed E-state index contributed by atoms with van der Waals surface area (Å²) in [4.78, 5) is 11.9. The summed E-state index contributed by atoms with van der Waals surface area (Å²) in [5, 5.41) is 16.6. The smallest absolute Gasteiger partial charge is 0.223 e. The summed E-state index contributed by atoms with van der Waals surface area (Å²) in [7, 11) is 0. The van der Waals surface area contributed by atoms with E-state index in [-0.39, 0.29) is 11.8 Å². The van der Waals surface area contributed by atoms with Gasteiger partial charge >= 0.3 is 0 Å². The highest BCUT2D eigenvalue weighted by molar-refractivity contribution is 7.07. The van der Waals surface area contributed by atoms with Crippen molar-refractivity contribution in [3.63, 3.8) is 0 Å². The number of aliphatic hydroxyl groups excluding tert-OH is 1. The number of rotatable bonds is 4. The number of carbonyl (C=O) groups is 1. The number of amides is 1. The molecule has 1 aromatic rings. The van der Waals surface area contributed by atoms with Gasteiger partial charge in [-0.25, -0.2) is 0 Å². The molecule has 1 heterocycles. The maximum absolute atomic E-state index is 11.9. The molecule has 0 radical (unpaired) electrons. The zero-order valence-electron chi connectivity index (χ0n) is 10.1. The Bertz CT molecular complexity index is 364. The van der Waals surface area contributed by atoms with Crippen molar-refractivity contribution >= 4 is 17.2 Å². The molecular weight excluding hydrogens is 234 g/mol. The number of nitrogens with one attached hydrogen (secondary N) is 1. The van der Waals surface area contributed by atoms with Crippen LogP contribution in [0.25, 0.3) is 0 Å². The van der Waals surface area contributed by atoms with Gasteiger partial charge in [-0.15, -0.1) is 0 Å². The number of hydrogen-bond donors (Lipinski definition) is 2. The molecule has 2 rings (SSSR count). The average Bonchev–Trinajstić information content (AvgIpc) is 2.95. The van der Waals surface area contributed by atoms with Crippen molar-refractivity contribution in [1.82, 2.24) is 5.32 Å². The van der Waals surface area contributed by atoms with E-state index in [1.807, 2.05) is 16.8 Å². The van der Waals surface area contributed by atoms with Crippen molar-refractivity contribution < 1.29 is 9.90 Å². The molecule has 1 aliphatic rings. The summed E-state index contributed by atoms with van der Waals surface area (Å²) in [6.07, 6.45) is 2.70. The maximum Gasteiger partial charge on any atom is 0.223 e. The zero-order chi connectivity index (χ0) is 12.3. The Morgan fingerprint density at radius 2 is 2.47 bits per heavy atom. The van der Waals surface area contributed by atoms with E-state index in [1.54, 1.807) is 11.3 Å². The fourth-order valence-corrected chi connectivity index (χ4v) is 3.15. The van der Waals surface area contributed by atoms with Crippen LogP contribution in [0.3, 0.4) is 0 Å². The van der Waals surface area contributed by atoms with Gasteiger partial charge in [0.1, 0.15) is 0 Å². The number of hydrogen-bond acceptors (Lipinski definition) is 3. The number of aliphatic hydroxyl groups is 1. The van der Waals surface area contributed by atoms with E-state index in [0.29, 0.717) is 12.5 Å². The predicted molar refractivity (Wildman–Crippen MR) is 68.8 cm³/mol. The van der Waals surface area contributed by atoms with Gasteiger partial charge in [0.25, 0.3) is 0 Å². The zero-order valence-corrected chi connectivity index (χ0v) is 10.9. The molecule has 2 N–H and O–H groups in total. The molecule has 0 aliphatic heterocycles. The van der Waals surface area contributed by atoms with Gasteiger partial charge in [0.2, 0.25) is 5.91 Å². The third-order valence-electron chi connectivity index (χ3n) is 3.60. The highest BCUT2D eigenvalue weighted by atomic mass is 32.1. The molecule has 4 heteroatoms. The van der Waals surface area contributed by atoms with Crippen LogP contribution in [0.4, 0.5) is 0 Å². The van der Waals surface area contributed by atoms with Crippen LogP contribution in [0.15, 0.2) is 16.8 Å². The molecular formula is C13H19NO2S. The first-order valence-corrected chi connectivity index (χ1v) is 7.10. The van der Waals surface area contributed by atoms with Crippen LogP contribution in [0, 0.1) is 11.8 Å². The third kappa shape index (κ3) is 3.07. The Kier molecular flexibility index (Phi) is 4.18. The van der Waals surface area contributed by atoms with E-state index in [9.17, 15) is 9.90 Å². The number of carbonyl (C=O) groups excluding carboxylic acids is 1.